The molecule has 3 aromatic rings. The van der Waals surface area contributed by atoms with Crippen molar-refractivity contribution in [1.29, 1.82) is 0 Å². The van der Waals surface area contributed by atoms with Crippen molar-refractivity contribution < 1.29 is 9.59 Å². The van der Waals surface area contributed by atoms with E-state index in [1.165, 1.54) is 11.3 Å². The number of pyridine rings is 1. The summed E-state index contributed by atoms with van der Waals surface area (Å²) in [6, 6.07) is 11.6. The second-order valence-corrected chi connectivity index (χ2v) is 9.20. The van der Waals surface area contributed by atoms with Gasteiger partial charge >= 0.3 is 0 Å². The number of anilines is 1. The van der Waals surface area contributed by atoms with Crippen LogP contribution in [0.3, 0.4) is 0 Å². The molecule has 1 aromatic carbocycles. The van der Waals surface area contributed by atoms with Gasteiger partial charge in [-0.15, -0.1) is 11.3 Å². The number of hydrogen-bond donors (Lipinski definition) is 1. The number of nitrogens with one attached hydrogen (secondary N) is 1. The maximum atomic E-state index is 13.2. The van der Waals surface area contributed by atoms with Gasteiger partial charge in [0.25, 0.3) is 5.91 Å². The van der Waals surface area contributed by atoms with E-state index < -0.39 is 5.54 Å². The molecule has 1 fully saturated rings. The Bertz CT molecular complexity index is 1110. The average Bonchev–Trinajstić information content (AvgIpc) is 3.40. The number of aromatic nitrogens is 2. The highest BCUT2D eigenvalue weighted by Crippen LogP contribution is 2.41. The van der Waals surface area contributed by atoms with Gasteiger partial charge in [-0.1, -0.05) is 37.5 Å². The lowest BCUT2D eigenvalue weighted by Gasteiger charge is -2.44. The van der Waals surface area contributed by atoms with E-state index in [4.69, 9.17) is 0 Å². The number of thiazole rings is 1. The molecule has 1 aliphatic heterocycles. The number of amides is 2. The molecule has 0 radical (unpaired) electrons. The Kier molecular flexibility index (Phi) is 5.28. The Morgan fingerprint density at radius 3 is 2.74 bits per heavy atom. The van der Waals surface area contributed by atoms with Gasteiger partial charge in [-0.25, -0.2) is 4.98 Å². The summed E-state index contributed by atoms with van der Waals surface area (Å²) < 4.78 is 0. The lowest BCUT2D eigenvalue weighted by molar-refractivity contribution is -0.119. The third kappa shape index (κ3) is 3.85. The van der Waals surface area contributed by atoms with Crippen LogP contribution >= 0.6 is 11.3 Å². The van der Waals surface area contributed by atoms with E-state index in [2.05, 4.69) is 15.3 Å². The molecule has 7 heteroatoms. The van der Waals surface area contributed by atoms with Gasteiger partial charge in [0.05, 0.1) is 17.7 Å². The molecule has 0 atom stereocenters. The van der Waals surface area contributed by atoms with Crippen molar-refractivity contribution in [3.63, 3.8) is 0 Å². The summed E-state index contributed by atoms with van der Waals surface area (Å²) in [6.45, 7) is 0.588. The third-order valence-corrected chi connectivity index (χ3v) is 7.13. The normalized spacial score (nSPS) is 17.4. The zero-order valence-electron chi connectivity index (χ0n) is 17.2. The second kappa shape index (κ2) is 8.23. The quantitative estimate of drug-likeness (QED) is 0.623. The molecule has 1 saturated carbocycles. The Morgan fingerprint density at radius 1 is 1.13 bits per heavy atom. The van der Waals surface area contributed by atoms with Crippen molar-refractivity contribution in [1.82, 2.24) is 14.9 Å². The largest absolute Gasteiger partial charge is 0.328 e. The maximum Gasteiger partial charge on any atom is 0.254 e. The van der Waals surface area contributed by atoms with Crippen LogP contribution < -0.4 is 5.32 Å². The number of nitrogens with zero attached hydrogens (tertiary/aromatic N) is 3. The molecule has 2 aliphatic rings. The molecule has 1 N–H and O–H groups in total. The van der Waals surface area contributed by atoms with Crippen LogP contribution in [0.25, 0.3) is 11.3 Å². The lowest BCUT2D eigenvalue weighted by atomic mass is 9.77. The zero-order chi connectivity index (χ0) is 21.3. The first-order chi connectivity index (χ1) is 15.1. The monoisotopic (exact) mass is 432 g/mol. The van der Waals surface area contributed by atoms with Gasteiger partial charge in [-0.05, 0) is 36.6 Å². The highest BCUT2D eigenvalue weighted by molar-refractivity contribution is 7.14. The molecule has 0 spiro atoms. The van der Waals surface area contributed by atoms with Crippen LogP contribution in [0.4, 0.5) is 5.13 Å². The first kappa shape index (κ1) is 19.9. The number of fused-ring (bicyclic) bond motifs is 1. The van der Waals surface area contributed by atoms with Crippen molar-refractivity contribution in [2.75, 3.05) is 5.32 Å². The highest BCUT2D eigenvalue weighted by atomic mass is 32.1. The topological polar surface area (TPSA) is 75.2 Å². The molecule has 0 unspecified atom stereocenters. The van der Waals surface area contributed by atoms with Crippen molar-refractivity contribution in [3.05, 3.63) is 65.3 Å². The van der Waals surface area contributed by atoms with Crippen molar-refractivity contribution in [3.8, 4) is 11.3 Å². The molecule has 2 amide bonds. The molecule has 2 aromatic heterocycles. The fraction of sp³-hybridized carbons (Fsp3) is 0.333. The molecule has 5 rings (SSSR count). The van der Waals surface area contributed by atoms with E-state index in [9.17, 15) is 9.59 Å². The fourth-order valence-corrected chi connectivity index (χ4v) is 5.57. The molecule has 158 valence electrons. The summed E-state index contributed by atoms with van der Waals surface area (Å²) in [6.07, 6.45) is 8.73. The number of benzene rings is 1. The van der Waals surface area contributed by atoms with Gasteiger partial charge < -0.3 is 10.2 Å². The predicted octanol–water partition coefficient (Wildman–Crippen LogP) is 4.89. The molecule has 0 bridgehead atoms. The van der Waals surface area contributed by atoms with Gasteiger partial charge in [-0.2, -0.15) is 0 Å². The molecular formula is C24H24N4O2S. The van der Waals surface area contributed by atoms with Crippen LogP contribution in [-0.2, 0) is 11.3 Å². The average molecular weight is 433 g/mol. The molecule has 1 aliphatic carbocycles. The number of rotatable bonds is 5. The summed E-state index contributed by atoms with van der Waals surface area (Å²) in [5, 5.41) is 5.47. The highest BCUT2D eigenvalue weighted by Gasteiger charge is 2.45. The van der Waals surface area contributed by atoms with Gasteiger partial charge in [0.15, 0.2) is 5.13 Å². The van der Waals surface area contributed by atoms with Gasteiger partial charge in [0.1, 0.15) is 0 Å². The van der Waals surface area contributed by atoms with Crippen molar-refractivity contribution in [2.24, 2.45) is 0 Å². The van der Waals surface area contributed by atoms with E-state index >= 15 is 0 Å². The van der Waals surface area contributed by atoms with Crippen molar-refractivity contribution in [2.45, 2.75) is 50.6 Å². The lowest BCUT2D eigenvalue weighted by Crippen LogP contribution is -2.52. The van der Waals surface area contributed by atoms with Gasteiger partial charge in [0, 0.05) is 35.4 Å². The summed E-state index contributed by atoms with van der Waals surface area (Å²) >= 11 is 1.40. The zero-order valence-corrected chi connectivity index (χ0v) is 18.0. The summed E-state index contributed by atoms with van der Waals surface area (Å²) in [5.41, 5.74) is 3.11. The summed E-state index contributed by atoms with van der Waals surface area (Å²) in [5.74, 6) is -0.0313. The Labute approximate surface area is 185 Å². The number of hydrogen-bond acceptors (Lipinski definition) is 5. The molecule has 3 heterocycles. The van der Waals surface area contributed by atoms with Crippen LogP contribution in [-0.4, -0.2) is 32.2 Å². The predicted molar refractivity (Wildman–Crippen MR) is 121 cm³/mol. The minimum absolute atomic E-state index is 0.0541. The van der Waals surface area contributed by atoms with Crippen LogP contribution in [0.2, 0.25) is 0 Å². The van der Waals surface area contributed by atoms with Crippen LogP contribution in [0.15, 0.2) is 54.2 Å². The molecule has 31 heavy (non-hydrogen) atoms. The van der Waals surface area contributed by atoms with Gasteiger partial charge in [-0.3, -0.25) is 14.6 Å². The number of carbonyl (C=O) groups is 2. The van der Waals surface area contributed by atoms with Crippen LogP contribution in [0, 0.1) is 0 Å². The SMILES string of the molecule is O=C(CC1(N2Cc3ccccc3C2=O)CCCCC1)Nc1nc(-c2cccnc2)cs1. The molecule has 6 nitrogen and oxygen atoms in total. The van der Waals surface area contributed by atoms with Gasteiger partial charge in [0.2, 0.25) is 5.91 Å². The smallest absolute Gasteiger partial charge is 0.254 e. The van der Waals surface area contributed by atoms with E-state index in [1.807, 2.05) is 46.7 Å². The fourth-order valence-electron chi connectivity index (χ4n) is 4.83. The van der Waals surface area contributed by atoms with E-state index in [0.29, 0.717) is 18.1 Å². The summed E-state index contributed by atoms with van der Waals surface area (Å²) in [4.78, 5) is 36.9. The number of carbonyl (C=O) groups excluding carboxylic acids is 2. The first-order valence-corrected chi connectivity index (χ1v) is 11.6. The summed E-state index contributed by atoms with van der Waals surface area (Å²) in [7, 11) is 0. The molecule has 0 saturated heterocycles. The minimum atomic E-state index is -0.429. The van der Waals surface area contributed by atoms with Crippen molar-refractivity contribution >= 4 is 28.3 Å². The van der Waals surface area contributed by atoms with E-state index in [-0.39, 0.29) is 11.8 Å². The van der Waals surface area contributed by atoms with E-state index in [0.717, 1.165) is 54.5 Å². The van der Waals surface area contributed by atoms with E-state index in [1.54, 1.807) is 12.4 Å². The first-order valence-electron chi connectivity index (χ1n) is 10.7. The Hall–Kier alpha value is -3.06. The van der Waals surface area contributed by atoms with Crippen LogP contribution in [0.1, 0.15) is 54.4 Å². The minimum Gasteiger partial charge on any atom is -0.328 e. The Balaban J connectivity index is 1.33. The second-order valence-electron chi connectivity index (χ2n) is 8.34. The Morgan fingerprint density at radius 2 is 1.97 bits per heavy atom. The maximum absolute atomic E-state index is 13.2. The third-order valence-electron chi connectivity index (χ3n) is 6.38. The molecular weight excluding hydrogens is 408 g/mol. The standard InChI is InChI=1S/C24H24N4O2S/c29-21(27-23-26-20(16-31-23)17-8-6-12-25-14-17)13-24(10-4-1-5-11-24)28-15-18-7-2-3-9-19(18)22(28)30/h2-3,6-9,12,14,16H,1,4-5,10-11,13,15H2,(H,26,27,29). The van der Waals surface area contributed by atoms with Crippen LogP contribution in [0.5, 0.6) is 0 Å².